The highest BCUT2D eigenvalue weighted by atomic mass is 19.4. The first-order chi connectivity index (χ1) is 7.47. The molecular weight excluding hydrogens is 221 g/mol. The van der Waals surface area contributed by atoms with Crippen molar-refractivity contribution in [1.82, 2.24) is 0 Å². The summed E-state index contributed by atoms with van der Waals surface area (Å²) >= 11 is 0. The van der Waals surface area contributed by atoms with Crippen molar-refractivity contribution in [2.45, 2.75) is 12.2 Å². The van der Waals surface area contributed by atoms with Crippen molar-refractivity contribution in [1.29, 1.82) is 0 Å². The van der Waals surface area contributed by atoms with Crippen LogP contribution in [0.1, 0.15) is 0 Å². The molecule has 1 aromatic rings. The first kappa shape index (κ1) is 12.6. The average molecular weight is 234 g/mol. The van der Waals surface area contributed by atoms with Gasteiger partial charge in [0.15, 0.2) is 0 Å². The normalized spacial score (nSPS) is 13.3. The fraction of sp³-hybridized carbons (Fsp3) is 0.400. The molecule has 90 valence electrons. The van der Waals surface area contributed by atoms with Crippen molar-refractivity contribution in [2.24, 2.45) is 5.73 Å². The summed E-state index contributed by atoms with van der Waals surface area (Å²) in [5.74, 6) is 0.585. The van der Waals surface area contributed by atoms with E-state index in [-0.39, 0.29) is 0 Å². The maximum atomic E-state index is 12.4. The Morgan fingerprint density at radius 3 is 2.25 bits per heavy atom. The number of alkyl halides is 3. The highest BCUT2D eigenvalue weighted by Crippen LogP contribution is 2.24. The van der Waals surface area contributed by atoms with Crippen LogP contribution < -0.4 is 15.8 Å². The molecule has 0 aliphatic heterocycles. The number of hydrogen-bond acceptors (Lipinski definition) is 3. The van der Waals surface area contributed by atoms with Crippen molar-refractivity contribution in [3.8, 4) is 5.75 Å². The van der Waals surface area contributed by atoms with Gasteiger partial charge in [-0.15, -0.1) is 0 Å². The lowest BCUT2D eigenvalue weighted by atomic mass is 10.2. The Bertz CT molecular complexity index is 324. The molecule has 6 heteroatoms. The van der Waals surface area contributed by atoms with Crippen molar-refractivity contribution >= 4 is 5.69 Å². The number of ether oxygens (including phenoxy) is 1. The van der Waals surface area contributed by atoms with E-state index in [4.69, 9.17) is 10.5 Å². The monoisotopic (exact) mass is 234 g/mol. The predicted molar refractivity (Wildman–Crippen MR) is 55.5 cm³/mol. The van der Waals surface area contributed by atoms with Crippen LogP contribution in [0.25, 0.3) is 0 Å². The van der Waals surface area contributed by atoms with Gasteiger partial charge in [0.05, 0.1) is 7.11 Å². The van der Waals surface area contributed by atoms with Gasteiger partial charge >= 0.3 is 6.18 Å². The van der Waals surface area contributed by atoms with Crippen LogP contribution in [0.2, 0.25) is 0 Å². The summed E-state index contributed by atoms with van der Waals surface area (Å²) in [4.78, 5) is 0. The molecule has 3 nitrogen and oxygen atoms in total. The van der Waals surface area contributed by atoms with Gasteiger partial charge in [0, 0.05) is 12.2 Å². The van der Waals surface area contributed by atoms with Gasteiger partial charge in [-0.2, -0.15) is 13.2 Å². The summed E-state index contributed by atoms with van der Waals surface area (Å²) in [5.41, 5.74) is 5.41. The van der Waals surface area contributed by atoms with Crippen molar-refractivity contribution in [3.63, 3.8) is 0 Å². The van der Waals surface area contributed by atoms with Crippen LogP contribution in [0.5, 0.6) is 5.75 Å². The molecule has 0 radical (unpaired) electrons. The maximum Gasteiger partial charge on any atom is 0.409 e. The Kier molecular flexibility index (Phi) is 4.00. The van der Waals surface area contributed by atoms with E-state index in [1.54, 1.807) is 12.1 Å². The number of benzene rings is 1. The van der Waals surface area contributed by atoms with Gasteiger partial charge in [0.1, 0.15) is 11.8 Å². The predicted octanol–water partition coefficient (Wildman–Crippen LogP) is 2.00. The van der Waals surface area contributed by atoms with Gasteiger partial charge in [-0.25, -0.2) is 0 Å². The number of hydrogen-bond donors (Lipinski definition) is 2. The Hall–Kier alpha value is -1.43. The van der Waals surface area contributed by atoms with E-state index in [0.29, 0.717) is 11.4 Å². The van der Waals surface area contributed by atoms with Crippen molar-refractivity contribution < 1.29 is 17.9 Å². The minimum absolute atomic E-state index is 0.355. The van der Waals surface area contributed by atoms with Crippen LogP contribution in [-0.2, 0) is 0 Å². The number of methoxy groups -OCH3 is 1. The third kappa shape index (κ3) is 3.30. The van der Waals surface area contributed by atoms with Crippen LogP contribution in [-0.4, -0.2) is 25.9 Å². The number of rotatable bonds is 4. The molecule has 0 aromatic heterocycles. The summed E-state index contributed by atoms with van der Waals surface area (Å²) in [6, 6.07) is 4.43. The molecule has 0 bridgehead atoms. The minimum Gasteiger partial charge on any atom is -0.497 e. The molecule has 3 N–H and O–H groups in total. The number of nitrogens with one attached hydrogen (secondary N) is 1. The molecule has 0 saturated heterocycles. The summed E-state index contributed by atoms with van der Waals surface area (Å²) in [7, 11) is 1.49. The highest BCUT2D eigenvalue weighted by molar-refractivity contribution is 5.47. The van der Waals surface area contributed by atoms with Gasteiger partial charge < -0.3 is 15.8 Å². The second kappa shape index (κ2) is 5.07. The topological polar surface area (TPSA) is 47.3 Å². The lowest BCUT2D eigenvalue weighted by molar-refractivity contribution is -0.140. The van der Waals surface area contributed by atoms with Crippen molar-refractivity contribution in [3.05, 3.63) is 24.3 Å². The zero-order valence-corrected chi connectivity index (χ0v) is 8.71. The van der Waals surface area contributed by atoms with Gasteiger partial charge in [-0.05, 0) is 24.3 Å². The Labute approximate surface area is 91.4 Å². The van der Waals surface area contributed by atoms with E-state index in [1.807, 2.05) is 0 Å². The molecule has 0 spiro atoms. The lowest BCUT2D eigenvalue weighted by Crippen LogP contribution is -2.42. The first-order valence-corrected chi connectivity index (χ1v) is 4.64. The van der Waals surface area contributed by atoms with E-state index in [1.165, 1.54) is 19.2 Å². The zero-order valence-electron chi connectivity index (χ0n) is 8.71. The molecule has 0 aliphatic carbocycles. The molecule has 1 atom stereocenters. The molecule has 0 fully saturated rings. The SMILES string of the molecule is COc1ccc(NC(CN)C(F)(F)F)cc1. The summed E-state index contributed by atoms with van der Waals surface area (Å²) in [6.45, 7) is -0.504. The fourth-order valence-electron chi connectivity index (χ4n) is 1.16. The van der Waals surface area contributed by atoms with Gasteiger partial charge in [0.2, 0.25) is 0 Å². The third-order valence-corrected chi connectivity index (χ3v) is 2.06. The summed E-state index contributed by atoms with van der Waals surface area (Å²) in [6.07, 6.45) is -4.35. The van der Waals surface area contributed by atoms with Crippen LogP contribution >= 0.6 is 0 Å². The second-order valence-corrected chi connectivity index (χ2v) is 3.20. The average Bonchev–Trinajstić information content (AvgIpc) is 2.25. The molecule has 0 saturated carbocycles. The molecule has 0 amide bonds. The van der Waals surface area contributed by atoms with Gasteiger partial charge in [-0.1, -0.05) is 0 Å². The van der Waals surface area contributed by atoms with Gasteiger partial charge in [0.25, 0.3) is 0 Å². The van der Waals surface area contributed by atoms with Crippen molar-refractivity contribution in [2.75, 3.05) is 19.0 Å². The minimum atomic E-state index is -4.35. The lowest BCUT2D eigenvalue weighted by Gasteiger charge is -2.21. The molecule has 16 heavy (non-hydrogen) atoms. The highest BCUT2D eigenvalue weighted by Gasteiger charge is 2.38. The van der Waals surface area contributed by atoms with Crippen LogP contribution in [0.15, 0.2) is 24.3 Å². The van der Waals surface area contributed by atoms with E-state index in [9.17, 15) is 13.2 Å². The second-order valence-electron chi connectivity index (χ2n) is 3.20. The summed E-state index contributed by atoms with van der Waals surface area (Å²) < 4.78 is 42.0. The maximum absolute atomic E-state index is 12.4. The zero-order chi connectivity index (χ0) is 12.2. The third-order valence-electron chi connectivity index (χ3n) is 2.06. The number of halogens is 3. The molecule has 0 aliphatic rings. The Morgan fingerprint density at radius 2 is 1.88 bits per heavy atom. The van der Waals surface area contributed by atoms with E-state index < -0.39 is 18.8 Å². The quantitative estimate of drug-likeness (QED) is 0.837. The molecule has 1 unspecified atom stereocenters. The van der Waals surface area contributed by atoms with Gasteiger partial charge in [-0.3, -0.25) is 0 Å². The first-order valence-electron chi connectivity index (χ1n) is 4.64. The van der Waals surface area contributed by atoms with E-state index in [0.717, 1.165) is 0 Å². The number of anilines is 1. The van der Waals surface area contributed by atoms with Crippen LogP contribution in [0.3, 0.4) is 0 Å². The van der Waals surface area contributed by atoms with E-state index >= 15 is 0 Å². The summed E-state index contributed by atoms with van der Waals surface area (Å²) in [5, 5.41) is 2.31. The molecule has 1 aromatic carbocycles. The Balaban J connectivity index is 2.71. The Morgan fingerprint density at radius 1 is 1.31 bits per heavy atom. The van der Waals surface area contributed by atoms with Crippen LogP contribution in [0.4, 0.5) is 18.9 Å². The van der Waals surface area contributed by atoms with Crippen LogP contribution in [0, 0.1) is 0 Å². The largest absolute Gasteiger partial charge is 0.497 e. The molecular formula is C10H13F3N2O. The smallest absolute Gasteiger partial charge is 0.409 e. The van der Waals surface area contributed by atoms with E-state index in [2.05, 4.69) is 5.32 Å². The molecule has 1 rings (SSSR count). The molecule has 0 heterocycles. The standard InChI is InChI=1S/C10H13F3N2O/c1-16-8-4-2-7(3-5-8)15-9(6-14)10(11,12)13/h2-5,9,15H,6,14H2,1H3. The fourth-order valence-corrected chi connectivity index (χ4v) is 1.16. The number of nitrogens with two attached hydrogens (primary N) is 1.